The maximum Gasteiger partial charge on any atom is 0.235 e. The molecular weight excluding hydrogens is 312 g/mol. The van der Waals surface area contributed by atoms with Crippen LogP contribution in [0.2, 0.25) is 0 Å². The van der Waals surface area contributed by atoms with E-state index in [2.05, 4.69) is 27.6 Å². The zero-order chi connectivity index (χ0) is 17.1. The summed E-state index contributed by atoms with van der Waals surface area (Å²) in [7, 11) is 0. The molecule has 1 aromatic heterocycles. The number of amides is 1. The summed E-state index contributed by atoms with van der Waals surface area (Å²) >= 11 is 0. The Morgan fingerprint density at radius 3 is 2.20 bits per heavy atom. The fourth-order valence-electron chi connectivity index (χ4n) is 3.66. The van der Waals surface area contributed by atoms with Crippen LogP contribution in [0.5, 0.6) is 0 Å². The highest BCUT2D eigenvalue weighted by atomic mass is 16.2. The second-order valence-corrected chi connectivity index (χ2v) is 6.47. The first kappa shape index (κ1) is 15.6. The van der Waals surface area contributed by atoms with E-state index in [1.807, 2.05) is 42.5 Å². The quantitative estimate of drug-likeness (QED) is 0.792. The second-order valence-electron chi connectivity index (χ2n) is 6.47. The lowest BCUT2D eigenvalue weighted by atomic mass is 9.78. The molecule has 5 heteroatoms. The van der Waals surface area contributed by atoms with Crippen LogP contribution in [0.1, 0.15) is 31.2 Å². The van der Waals surface area contributed by atoms with E-state index in [0.717, 1.165) is 42.6 Å². The van der Waals surface area contributed by atoms with Gasteiger partial charge in [-0.3, -0.25) is 4.79 Å². The van der Waals surface area contributed by atoms with E-state index in [9.17, 15) is 4.79 Å². The Balaban J connectivity index is 1.56. The molecule has 0 saturated heterocycles. The number of hydrogen-bond acceptors (Lipinski definition) is 3. The van der Waals surface area contributed by atoms with Gasteiger partial charge in [-0.25, -0.2) is 0 Å². The van der Waals surface area contributed by atoms with Crippen LogP contribution in [0, 0.1) is 0 Å². The van der Waals surface area contributed by atoms with Crippen molar-refractivity contribution in [1.29, 1.82) is 0 Å². The molecule has 0 spiro atoms. The van der Waals surface area contributed by atoms with E-state index in [1.165, 1.54) is 0 Å². The number of carbonyl (C=O) groups excluding carboxylic acids is 1. The molecule has 0 aliphatic heterocycles. The van der Waals surface area contributed by atoms with Gasteiger partial charge >= 0.3 is 0 Å². The number of aromatic nitrogens is 3. The summed E-state index contributed by atoms with van der Waals surface area (Å²) < 4.78 is 0. The number of hydrogen-bond donors (Lipinski definition) is 1. The molecule has 1 aliphatic rings. The predicted molar refractivity (Wildman–Crippen MR) is 96.6 cm³/mol. The fraction of sp³-hybridized carbons (Fsp3) is 0.250. The third-order valence-corrected chi connectivity index (χ3v) is 4.99. The molecule has 1 heterocycles. The number of benzene rings is 2. The first-order valence-corrected chi connectivity index (χ1v) is 8.62. The third kappa shape index (κ3) is 2.93. The smallest absolute Gasteiger partial charge is 0.235 e. The van der Waals surface area contributed by atoms with Gasteiger partial charge in [0.15, 0.2) is 0 Å². The lowest BCUT2D eigenvalue weighted by molar-refractivity contribution is -0.121. The van der Waals surface area contributed by atoms with Crippen molar-refractivity contribution in [3.05, 3.63) is 72.6 Å². The average Bonchev–Trinajstić information content (AvgIpc) is 3.36. The van der Waals surface area contributed by atoms with Gasteiger partial charge in [-0.15, -0.1) is 0 Å². The third-order valence-electron chi connectivity index (χ3n) is 4.99. The van der Waals surface area contributed by atoms with Gasteiger partial charge in [0.1, 0.15) is 0 Å². The van der Waals surface area contributed by atoms with Crippen LogP contribution >= 0.6 is 0 Å². The zero-order valence-corrected chi connectivity index (χ0v) is 13.9. The molecule has 1 fully saturated rings. The molecule has 0 radical (unpaired) electrons. The highest BCUT2D eigenvalue weighted by molar-refractivity contribution is 5.99. The normalized spacial score (nSPS) is 15.8. The minimum Gasteiger partial charge on any atom is -0.325 e. The molecule has 4 rings (SSSR count). The largest absolute Gasteiger partial charge is 0.325 e. The van der Waals surface area contributed by atoms with Gasteiger partial charge in [-0.1, -0.05) is 43.2 Å². The first-order chi connectivity index (χ1) is 12.3. The SMILES string of the molecule is O=C(Nc1ccc(-n2nccn2)cc1)C1(c2ccccc2)CCCC1. The van der Waals surface area contributed by atoms with Gasteiger partial charge in [-0.05, 0) is 42.7 Å². The van der Waals surface area contributed by atoms with Crippen molar-refractivity contribution < 1.29 is 4.79 Å². The van der Waals surface area contributed by atoms with E-state index in [1.54, 1.807) is 17.2 Å². The van der Waals surface area contributed by atoms with Crippen molar-refractivity contribution in [2.75, 3.05) is 5.32 Å². The zero-order valence-electron chi connectivity index (χ0n) is 13.9. The Bertz CT molecular complexity index is 835. The minimum atomic E-state index is -0.413. The van der Waals surface area contributed by atoms with Crippen LogP contribution in [-0.2, 0) is 10.2 Å². The van der Waals surface area contributed by atoms with E-state index >= 15 is 0 Å². The van der Waals surface area contributed by atoms with Gasteiger partial charge < -0.3 is 5.32 Å². The maximum absolute atomic E-state index is 13.1. The molecule has 0 unspecified atom stereocenters. The number of anilines is 1. The van der Waals surface area contributed by atoms with Crippen molar-refractivity contribution in [3.8, 4) is 5.69 Å². The second kappa shape index (κ2) is 6.51. The molecule has 1 amide bonds. The Kier molecular flexibility index (Phi) is 4.06. The Morgan fingerprint density at radius 2 is 1.56 bits per heavy atom. The summed E-state index contributed by atoms with van der Waals surface area (Å²) in [5.74, 6) is 0.0844. The van der Waals surface area contributed by atoms with Crippen molar-refractivity contribution in [3.63, 3.8) is 0 Å². The topological polar surface area (TPSA) is 59.8 Å². The van der Waals surface area contributed by atoms with Crippen LogP contribution < -0.4 is 5.32 Å². The molecule has 1 saturated carbocycles. The standard InChI is InChI=1S/C20H20N4O/c25-19(20(12-4-5-13-20)16-6-2-1-3-7-16)23-17-8-10-18(11-9-17)24-21-14-15-22-24/h1-3,6-11,14-15H,4-5,12-13H2,(H,23,25). The van der Waals surface area contributed by atoms with E-state index in [4.69, 9.17) is 0 Å². The number of nitrogens with zero attached hydrogens (tertiary/aromatic N) is 3. The number of rotatable bonds is 4. The fourth-order valence-corrected chi connectivity index (χ4v) is 3.66. The molecule has 126 valence electrons. The summed E-state index contributed by atoms with van der Waals surface area (Å²) in [6, 6.07) is 17.7. The monoisotopic (exact) mass is 332 g/mol. The molecule has 1 N–H and O–H groups in total. The van der Waals surface area contributed by atoms with E-state index in [-0.39, 0.29) is 5.91 Å². The van der Waals surface area contributed by atoms with Gasteiger partial charge in [0.05, 0.1) is 23.5 Å². The Hall–Kier alpha value is -2.95. The molecule has 0 atom stereocenters. The number of carbonyl (C=O) groups is 1. The van der Waals surface area contributed by atoms with Gasteiger partial charge in [-0.2, -0.15) is 15.0 Å². The molecule has 0 bridgehead atoms. The predicted octanol–water partition coefficient (Wildman–Crippen LogP) is 3.72. The average molecular weight is 332 g/mol. The van der Waals surface area contributed by atoms with Gasteiger partial charge in [0.25, 0.3) is 0 Å². The summed E-state index contributed by atoms with van der Waals surface area (Å²) in [6.45, 7) is 0. The highest BCUT2D eigenvalue weighted by Crippen LogP contribution is 2.42. The van der Waals surface area contributed by atoms with Crippen molar-refractivity contribution in [2.45, 2.75) is 31.1 Å². The molecular formula is C20H20N4O. The van der Waals surface area contributed by atoms with Gasteiger partial charge in [0.2, 0.25) is 5.91 Å². The summed E-state index contributed by atoms with van der Waals surface area (Å²) in [5.41, 5.74) is 2.36. The molecule has 5 nitrogen and oxygen atoms in total. The van der Waals surface area contributed by atoms with Crippen molar-refractivity contribution >= 4 is 11.6 Å². The van der Waals surface area contributed by atoms with Crippen molar-refractivity contribution in [2.24, 2.45) is 0 Å². The van der Waals surface area contributed by atoms with Crippen LogP contribution in [0.4, 0.5) is 5.69 Å². The van der Waals surface area contributed by atoms with Crippen LogP contribution in [0.25, 0.3) is 5.69 Å². The molecule has 2 aromatic carbocycles. The van der Waals surface area contributed by atoms with Crippen LogP contribution in [0.3, 0.4) is 0 Å². The van der Waals surface area contributed by atoms with Crippen LogP contribution in [-0.4, -0.2) is 20.9 Å². The molecule has 3 aromatic rings. The lowest BCUT2D eigenvalue weighted by Gasteiger charge is -2.28. The highest BCUT2D eigenvalue weighted by Gasteiger charge is 2.42. The Morgan fingerprint density at radius 1 is 0.920 bits per heavy atom. The summed E-state index contributed by atoms with van der Waals surface area (Å²) in [6.07, 6.45) is 7.26. The van der Waals surface area contributed by atoms with Crippen LogP contribution in [0.15, 0.2) is 67.0 Å². The van der Waals surface area contributed by atoms with E-state index in [0.29, 0.717) is 0 Å². The maximum atomic E-state index is 13.1. The first-order valence-electron chi connectivity index (χ1n) is 8.62. The summed E-state index contributed by atoms with van der Waals surface area (Å²) in [5, 5.41) is 11.3. The number of nitrogens with one attached hydrogen (secondary N) is 1. The van der Waals surface area contributed by atoms with Gasteiger partial charge in [0, 0.05) is 5.69 Å². The lowest BCUT2D eigenvalue weighted by Crippen LogP contribution is -2.37. The molecule has 1 aliphatic carbocycles. The molecule has 25 heavy (non-hydrogen) atoms. The summed E-state index contributed by atoms with van der Waals surface area (Å²) in [4.78, 5) is 14.7. The Labute approximate surface area is 146 Å². The van der Waals surface area contributed by atoms with E-state index < -0.39 is 5.41 Å². The minimum absolute atomic E-state index is 0.0844. The van der Waals surface area contributed by atoms with Crippen molar-refractivity contribution in [1.82, 2.24) is 15.0 Å².